The van der Waals surface area contributed by atoms with Crippen LogP contribution in [0.3, 0.4) is 0 Å². The van der Waals surface area contributed by atoms with Crippen molar-refractivity contribution in [2.45, 2.75) is 13.5 Å². The maximum atomic E-state index is 12.5. The molecule has 4 aromatic rings. The Balaban J connectivity index is 1.70. The fourth-order valence-corrected chi connectivity index (χ4v) is 3.37. The molecule has 4 rings (SSSR count). The highest BCUT2D eigenvalue weighted by atomic mass is 79.9. The zero-order valence-corrected chi connectivity index (χ0v) is 16.3. The second-order valence-electron chi connectivity index (χ2n) is 6.33. The summed E-state index contributed by atoms with van der Waals surface area (Å²) < 4.78 is 12.5. The van der Waals surface area contributed by atoms with Gasteiger partial charge in [-0.25, -0.2) is 4.79 Å². The summed E-state index contributed by atoms with van der Waals surface area (Å²) in [6.07, 6.45) is 0. The molecule has 0 atom stereocenters. The van der Waals surface area contributed by atoms with Crippen LogP contribution in [0.2, 0.25) is 0 Å². The molecular formula is C23H17BrO3. The van der Waals surface area contributed by atoms with E-state index in [0.29, 0.717) is 17.8 Å². The Labute approximate surface area is 165 Å². The summed E-state index contributed by atoms with van der Waals surface area (Å²) in [5.41, 5.74) is 3.66. The van der Waals surface area contributed by atoms with Crippen LogP contribution in [0.5, 0.6) is 5.75 Å². The molecule has 0 aliphatic carbocycles. The highest BCUT2D eigenvalue weighted by Crippen LogP contribution is 2.29. The minimum Gasteiger partial charge on any atom is -0.489 e. The number of aryl methyl sites for hydroxylation is 1. The standard InChI is InChI=1S/C23H17BrO3/c1-15-20-13-19(26-14-16-7-9-18(24)10-8-16)11-12-21(20)27-23(25)22(15)17-5-3-2-4-6-17/h2-13H,14H2,1H3. The molecule has 4 heteroatoms. The van der Waals surface area contributed by atoms with Crippen molar-refractivity contribution in [2.75, 3.05) is 0 Å². The summed E-state index contributed by atoms with van der Waals surface area (Å²) in [7, 11) is 0. The number of benzene rings is 3. The molecule has 0 radical (unpaired) electrons. The van der Waals surface area contributed by atoms with E-state index in [-0.39, 0.29) is 5.63 Å². The van der Waals surface area contributed by atoms with Crippen molar-refractivity contribution in [3.05, 3.63) is 98.8 Å². The maximum absolute atomic E-state index is 12.5. The van der Waals surface area contributed by atoms with Crippen molar-refractivity contribution >= 4 is 26.9 Å². The number of halogens is 1. The number of hydrogen-bond donors (Lipinski definition) is 0. The molecule has 3 aromatic carbocycles. The molecule has 0 bridgehead atoms. The molecule has 0 amide bonds. The van der Waals surface area contributed by atoms with E-state index in [2.05, 4.69) is 15.9 Å². The van der Waals surface area contributed by atoms with Gasteiger partial charge < -0.3 is 9.15 Å². The fourth-order valence-electron chi connectivity index (χ4n) is 3.11. The van der Waals surface area contributed by atoms with E-state index in [9.17, 15) is 4.79 Å². The summed E-state index contributed by atoms with van der Waals surface area (Å²) in [6.45, 7) is 2.42. The number of hydrogen-bond acceptors (Lipinski definition) is 3. The van der Waals surface area contributed by atoms with Gasteiger partial charge in [-0.15, -0.1) is 0 Å². The normalized spacial score (nSPS) is 10.9. The van der Waals surface area contributed by atoms with Gasteiger partial charge in [-0.1, -0.05) is 58.4 Å². The molecule has 0 N–H and O–H groups in total. The van der Waals surface area contributed by atoms with Crippen LogP contribution in [-0.4, -0.2) is 0 Å². The fraction of sp³-hybridized carbons (Fsp3) is 0.0870. The van der Waals surface area contributed by atoms with Crippen molar-refractivity contribution in [1.82, 2.24) is 0 Å². The van der Waals surface area contributed by atoms with Crippen LogP contribution >= 0.6 is 15.9 Å². The van der Waals surface area contributed by atoms with Crippen LogP contribution in [0.4, 0.5) is 0 Å². The van der Waals surface area contributed by atoms with Crippen molar-refractivity contribution in [2.24, 2.45) is 0 Å². The van der Waals surface area contributed by atoms with Gasteiger partial charge in [0.2, 0.25) is 0 Å². The van der Waals surface area contributed by atoms with E-state index in [0.717, 1.165) is 32.3 Å². The smallest absolute Gasteiger partial charge is 0.344 e. The number of ether oxygens (including phenoxy) is 1. The maximum Gasteiger partial charge on any atom is 0.344 e. The Kier molecular flexibility index (Phi) is 4.82. The predicted molar refractivity (Wildman–Crippen MR) is 111 cm³/mol. The van der Waals surface area contributed by atoms with Crippen LogP contribution in [0, 0.1) is 6.92 Å². The molecule has 0 saturated carbocycles. The number of rotatable bonds is 4. The zero-order valence-electron chi connectivity index (χ0n) is 14.7. The van der Waals surface area contributed by atoms with Crippen molar-refractivity contribution in [3.63, 3.8) is 0 Å². The molecule has 134 valence electrons. The third kappa shape index (κ3) is 3.67. The van der Waals surface area contributed by atoms with Crippen molar-refractivity contribution < 1.29 is 9.15 Å². The summed E-state index contributed by atoms with van der Waals surface area (Å²) >= 11 is 3.43. The second kappa shape index (κ2) is 7.41. The lowest BCUT2D eigenvalue weighted by Gasteiger charge is -2.11. The lowest BCUT2D eigenvalue weighted by Crippen LogP contribution is -2.06. The molecule has 0 aliphatic heterocycles. The molecule has 0 fully saturated rings. The van der Waals surface area contributed by atoms with Gasteiger partial charge in [-0.2, -0.15) is 0 Å². The monoisotopic (exact) mass is 420 g/mol. The van der Waals surface area contributed by atoms with Crippen LogP contribution < -0.4 is 10.4 Å². The summed E-state index contributed by atoms with van der Waals surface area (Å²) in [6, 6.07) is 23.1. The highest BCUT2D eigenvalue weighted by molar-refractivity contribution is 9.10. The molecular weight excluding hydrogens is 404 g/mol. The molecule has 27 heavy (non-hydrogen) atoms. The van der Waals surface area contributed by atoms with Gasteiger partial charge in [-0.05, 0) is 53.9 Å². The molecule has 3 nitrogen and oxygen atoms in total. The zero-order chi connectivity index (χ0) is 18.8. The Morgan fingerprint density at radius 1 is 0.963 bits per heavy atom. The van der Waals surface area contributed by atoms with Gasteiger partial charge in [0.25, 0.3) is 0 Å². The lowest BCUT2D eigenvalue weighted by atomic mass is 9.99. The van der Waals surface area contributed by atoms with Crippen LogP contribution in [0.25, 0.3) is 22.1 Å². The summed E-state index contributed by atoms with van der Waals surface area (Å²) in [5, 5.41) is 0.877. The van der Waals surface area contributed by atoms with Gasteiger partial charge in [0.15, 0.2) is 0 Å². The van der Waals surface area contributed by atoms with E-state index in [1.165, 1.54) is 0 Å². The largest absolute Gasteiger partial charge is 0.489 e. The summed E-state index contributed by atoms with van der Waals surface area (Å²) in [5.74, 6) is 0.737. The molecule has 1 aromatic heterocycles. The first kappa shape index (κ1) is 17.6. The van der Waals surface area contributed by atoms with Gasteiger partial charge in [0.05, 0.1) is 5.56 Å². The first-order chi connectivity index (χ1) is 13.1. The number of fused-ring (bicyclic) bond motifs is 1. The van der Waals surface area contributed by atoms with E-state index >= 15 is 0 Å². The van der Waals surface area contributed by atoms with E-state index in [1.54, 1.807) is 6.07 Å². The Morgan fingerprint density at radius 3 is 2.44 bits per heavy atom. The van der Waals surface area contributed by atoms with Gasteiger partial charge in [0.1, 0.15) is 17.9 Å². The van der Waals surface area contributed by atoms with E-state index in [4.69, 9.17) is 9.15 Å². The van der Waals surface area contributed by atoms with E-state index in [1.807, 2.05) is 73.7 Å². The van der Waals surface area contributed by atoms with Gasteiger partial charge in [0, 0.05) is 9.86 Å². The van der Waals surface area contributed by atoms with Gasteiger partial charge in [-0.3, -0.25) is 0 Å². The first-order valence-corrected chi connectivity index (χ1v) is 9.41. The third-order valence-corrected chi connectivity index (χ3v) is 5.05. The average Bonchev–Trinajstić information content (AvgIpc) is 2.69. The third-order valence-electron chi connectivity index (χ3n) is 4.52. The molecule has 0 aliphatic rings. The topological polar surface area (TPSA) is 39.4 Å². The molecule has 0 unspecified atom stereocenters. The Hall–Kier alpha value is -2.85. The second-order valence-corrected chi connectivity index (χ2v) is 7.24. The average molecular weight is 421 g/mol. The van der Waals surface area contributed by atoms with E-state index < -0.39 is 0 Å². The van der Waals surface area contributed by atoms with Crippen molar-refractivity contribution in [3.8, 4) is 16.9 Å². The lowest BCUT2D eigenvalue weighted by molar-refractivity contribution is 0.306. The quantitative estimate of drug-likeness (QED) is 0.373. The predicted octanol–water partition coefficient (Wildman–Crippen LogP) is 6.11. The highest BCUT2D eigenvalue weighted by Gasteiger charge is 2.13. The minimum atomic E-state index is -0.324. The Morgan fingerprint density at radius 2 is 1.70 bits per heavy atom. The SMILES string of the molecule is Cc1c(-c2ccccc2)c(=O)oc2ccc(OCc3ccc(Br)cc3)cc12. The van der Waals surface area contributed by atoms with Crippen molar-refractivity contribution in [1.29, 1.82) is 0 Å². The summed E-state index contributed by atoms with van der Waals surface area (Å²) in [4.78, 5) is 12.5. The van der Waals surface area contributed by atoms with Crippen LogP contribution in [0.1, 0.15) is 11.1 Å². The van der Waals surface area contributed by atoms with Crippen LogP contribution in [-0.2, 0) is 6.61 Å². The van der Waals surface area contributed by atoms with Crippen LogP contribution in [0.15, 0.2) is 86.5 Å². The molecule has 1 heterocycles. The molecule has 0 saturated heterocycles. The molecule has 0 spiro atoms. The Bertz CT molecular complexity index is 1150. The minimum absolute atomic E-state index is 0.324. The van der Waals surface area contributed by atoms with Gasteiger partial charge >= 0.3 is 5.63 Å². The first-order valence-electron chi connectivity index (χ1n) is 8.62.